The average Bonchev–Trinajstić information content (AvgIpc) is 2.34. The van der Waals surface area contributed by atoms with Crippen LogP contribution in [-0.2, 0) is 0 Å². The Morgan fingerprint density at radius 1 is 1.60 bits per heavy atom. The van der Waals surface area contributed by atoms with Crippen LogP contribution in [-0.4, -0.2) is 28.8 Å². The van der Waals surface area contributed by atoms with Crippen LogP contribution in [0.1, 0.15) is 20.8 Å². The van der Waals surface area contributed by atoms with Crippen molar-refractivity contribution in [1.29, 1.82) is 0 Å². The van der Waals surface area contributed by atoms with Crippen molar-refractivity contribution >= 4 is 6.34 Å². The first-order valence-corrected chi connectivity index (χ1v) is 3.60. The van der Waals surface area contributed by atoms with Crippen molar-refractivity contribution < 1.29 is 0 Å². The summed E-state index contributed by atoms with van der Waals surface area (Å²) in [5, 5.41) is 5.93. The normalized spacial score (nSPS) is 17.6. The summed E-state index contributed by atoms with van der Waals surface area (Å²) in [7, 11) is 0. The molecule has 0 aliphatic carbocycles. The highest BCUT2D eigenvalue weighted by Crippen LogP contribution is 2.09. The maximum atomic E-state index is 4.11. The van der Waals surface area contributed by atoms with Gasteiger partial charge in [0.1, 0.15) is 6.34 Å². The molecule has 1 aliphatic rings. The maximum absolute atomic E-state index is 4.11. The maximum Gasteiger partial charge on any atom is 0.227 e. The first kappa shape index (κ1) is 7.38. The molecule has 56 valence electrons. The summed E-state index contributed by atoms with van der Waals surface area (Å²) in [5.74, 6) is 0. The van der Waals surface area contributed by atoms with Crippen molar-refractivity contribution in [3.05, 3.63) is 6.67 Å². The Bertz CT molecular complexity index is 131. The zero-order valence-corrected chi connectivity index (χ0v) is 6.70. The summed E-state index contributed by atoms with van der Waals surface area (Å²) in [6, 6.07) is 0.410. The van der Waals surface area contributed by atoms with E-state index in [2.05, 4.69) is 32.5 Å². The molecule has 0 atom stereocenters. The highest BCUT2D eigenvalue weighted by molar-refractivity contribution is 5.57. The number of hydrogen-bond acceptors (Lipinski definition) is 3. The van der Waals surface area contributed by atoms with Crippen LogP contribution < -0.4 is 0 Å². The monoisotopic (exact) mass is 139 g/mol. The van der Waals surface area contributed by atoms with Crippen LogP contribution in [0.4, 0.5) is 0 Å². The van der Waals surface area contributed by atoms with E-state index in [0.717, 1.165) is 6.54 Å². The predicted molar refractivity (Wildman–Crippen MR) is 41.1 cm³/mol. The predicted octanol–water partition coefficient (Wildman–Crippen LogP) is 0.972. The minimum Gasteiger partial charge on any atom is -0.330 e. The highest BCUT2D eigenvalue weighted by Gasteiger charge is 2.16. The van der Waals surface area contributed by atoms with Crippen molar-refractivity contribution in [3.63, 3.8) is 0 Å². The second-order valence-corrected chi connectivity index (χ2v) is 2.56. The summed E-state index contributed by atoms with van der Waals surface area (Å²) < 4.78 is 0. The Labute approximate surface area is 62.3 Å². The molecule has 10 heavy (non-hydrogen) atoms. The second kappa shape index (κ2) is 2.90. The van der Waals surface area contributed by atoms with Gasteiger partial charge in [0.15, 0.2) is 0 Å². The van der Waals surface area contributed by atoms with Crippen molar-refractivity contribution in [2.45, 2.75) is 26.8 Å². The molecule has 0 unspecified atom stereocenters. The molecule has 0 fully saturated rings. The van der Waals surface area contributed by atoms with Crippen LogP contribution in [0.15, 0.2) is 5.10 Å². The molecule has 0 aromatic carbocycles. The Balaban J connectivity index is 2.37. The molecule has 0 saturated heterocycles. The lowest BCUT2D eigenvalue weighted by molar-refractivity contribution is 0.259. The standard InChI is InChI=1S/C7H13N3/c1-4-9-5-8-10(6-9)7(2)3/h5,7H,4H2,1-3H3. The van der Waals surface area contributed by atoms with Gasteiger partial charge in [-0.1, -0.05) is 0 Å². The van der Waals surface area contributed by atoms with E-state index in [1.165, 1.54) is 0 Å². The third kappa shape index (κ3) is 1.40. The molecule has 3 heteroatoms. The highest BCUT2D eigenvalue weighted by atomic mass is 15.6. The van der Waals surface area contributed by atoms with E-state index in [0.29, 0.717) is 6.04 Å². The van der Waals surface area contributed by atoms with Gasteiger partial charge in [0, 0.05) is 12.6 Å². The lowest BCUT2D eigenvalue weighted by atomic mass is 10.4. The first-order valence-electron chi connectivity index (χ1n) is 3.60. The van der Waals surface area contributed by atoms with Crippen molar-refractivity contribution in [2.75, 3.05) is 6.54 Å². The molecule has 1 rings (SSSR count). The molecular formula is C7H13N3. The van der Waals surface area contributed by atoms with Gasteiger partial charge in [-0.3, -0.25) is 5.01 Å². The fourth-order valence-corrected chi connectivity index (χ4v) is 0.702. The zero-order valence-electron chi connectivity index (χ0n) is 6.70. The first-order chi connectivity index (χ1) is 4.74. The minimum atomic E-state index is 0.410. The van der Waals surface area contributed by atoms with Gasteiger partial charge in [-0.25, -0.2) is 0 Å². The third-order valence-electron chi connectivity index (χ3n) is 1.38. The SMILES string of the molecule is CCN1[C]N(C(C)C)N=C1. The van der Waals surface area contributed by atoms with Gasteiger partial charge in [-0.15, -0.1) is 0 Å². The summed E-state index contributed by atoms with van der Waals surface area (Å²) in [5.41, 5.74) is 0. The van der Waals surface area contributed by atoms with E-state index in [4.69, 9.17) is 0 Å². The van der Waals surface area contributed by atoms with Crippen LogP contribution in [0.2, 0.25) is 0 Å². The molecule has 0 amide bonds. The van der Waals surface area contributed by atoms with Crippen LogP contribution in [0.25, 0.3) is 0 Å². The molecule has 0 N–H and O–H groups in total. The fraction of sp³-hybridized carbons (Fsp3) is 0.714. The molecule has 0 saturated carbocycles. The van der Waals surface area contributed by atoms with Gasteiger partial charge in [0.2, 0.25) is 6.67 Å². The molecule has 1 heterocycles. The van der Waals surface area contributed by atoms with Gasteiger partial charge in [-0.2, -0.15) is 5.10 Å². The van der Waals surface area contributed by atoms with Crippen LogP contribution in [0.3, 0.4) is 0 Å². The van der Waals surface area contributed by atoms with Gasteiger partial charge >= 0.3 is 0 Å². The average molecular weight is 139 g/mol. The van der Waals surface area contributed by atoms with Gasteiger partial charge < -0.3 is 4.90 Å². The minimum absolute atomic E-state index is 0.410. The topological polar surface area (TPSA) is 18.8 Å². The van der Waals surface area contributed by atoms with Crippen LogP contribution >= 0.6 is 0 Å². The number of hydrogen-bond donors (Lipinski definition) is 0. The lowest BCUT2D eigenvalue weighted by Gasteiger charge is -2.18. The molecule has 0 aromatic heterocycles. The van der Waals surface area contributed by atoms with Crippen molar-refractivity contribution in [3.8, 4) is 0 Å². The van der Waals surface area contributed by atoms with E-state index >= 15 is 0 Å². The van der Waals surface area contributed by atoms with E-state index in [-0.39, 0.29) is 0 Å². The third-order valence-corrected chi connectivity index (χ3v) is 1.38. The van der Waals surface area contributed by atoms with E-state index in [1.54, 1.807) is 6.34 Å². The molecule has 0 aromatic rings. The molecule has 1 aliphatic heterocycles. The molecule has 3 nitrogen and oxygen atoms in total. The van der Waals surface area contributed by atoms with Gasteiger partial charge in [0.25, 0.3) is 0 Å². The van der Waals surface area contributed by atoms with Crippen molar-refractivity contribution in [2.24, 2.45) is 5.10 Å². The zero-order chi connectivity index (χ0) is 7.56. The quantitative estimate of drug-likeness (QED) is 0.567. The summed E-state index contributed by atoms with van der Waals surface area (Å²) in [6.45, 7) is 10.3. The smallest absolute Gasteiger partial charge is 0.227 e. The number of nitrogens with zero attached hydrogens (tertiary/aromatic N) is 3. The number of hydrazone groups is 1. The largest absolute Gasteiger partial charge is 0.330 e. The lowest BCUT2D eigenvalue weighted by Crippen LogP contribution is -2.25. The van der Waals surface area contributed by atoms with E-state index in [9.17, 15) is 0 Å². The van der Waals surface area contributed by atoms with E-state index in [1.807, 2.05) is 9.91 Å². The Morgan fingerprint density at radius 2 is 2.30 bits per heavy atom. The van der Waals surface area contributed by atoms with Crippen LogP contribution in [0, 0.1) is 6.67 Å². The van der Waals surface area contributed by atoms with Gasteiger partial charge in [-0.05, 0) is 20.8 Å². The molecule has 0 bridgehead atoms. The Hall–Kier alpha value is -0.730. The number of rotatable bonds is 2. The summed E-state index contributed by atoms with van der Waals surface area (Å²) in [6.07, 6.45) is 1.79. The summed E-state index contributed by atoms with van der Waals surface area (Å²) >= 11 is 0. The van der Waals surface area contributed by atoms with Crippen LogP contribution in [0.5, 0.6) is 0 Å². The van der Waals surface area contributed by atoms with Gasteiger partial charge in [0.05, 0.1) is 0 Å². The molecular weight excluding hydrogens is 126 g/mol. The van der Waals surface area contributed by atoms with Crippen molar-refractivity contribution in [1.82, 2.24) is 9.91 Å². The second-order valence-electron chi connectivity index (χ2n) is 2.56. The summed E-state index contributed by atoms with van der Waals surface area (Å²) in [4.78, 5) is 1.93. The Kier molecular flexibility index (Phi) is 2.14. The molecule has 2 radical (unpaired) electrons. The molecule has 0 spiro atoms. The Morgan fingerprint density at radius 3 is 2.60 bits per heavy atom. The fourth-order valence-electron chi connectivity index (χ4n) is 0.702. The van der Waals surface area contributed by atoms with E-state index < -0.39 is 0 Å².